The highest BCUT2D eigenvalue weighted by Crippen LogP contribution is 2.13. The van der Waals surface area contributed by atoms with E-state index >= 15 is 0 Å². The van der Waals surface area contributed by atoms with Gasteiger partial charge in [0.25, 0.3) is 0 Å². The maximum atomic E-state index is 11.9. The summed E-state index contributed by atoms with van der Waals surface area (Å²) in [6.07, 6.45) is 1.62. The largest absolute Gasteiger partial charge is 0.491 e. The Morgan fingerprint density at radius 3 is 2.88 bits per heavy atom. The van der Waals surface area contributed by atoms with Gasteiger partial charge in [-0.1, -0.05) is 12.1 Å². The second kappa shape index (κ2) is 10.0. The predicted octanol–water partition coefficient (Wildman–Crippen LogP) is 0.350. The molecule has 0 amide bonds. The lowest BCUT2D eigenvalue weighted by molar-refractivity contribution is -0.910. The van der Waals surface area contributed by atoms with Crippen molar-refractivity contribution in [2.24, 2.45) is 5.92 Å². The van der Waals surface area contributed by atoms with Crippen molar-refractivity contribution in [3.8, 4) is 11.8 Å². The molecule has 0 radical (unpaired) electrons. The van der Waals surface area contributed by atoms with Gasteiger partial charge in [0.05, 0.1) is 32.2 Å². The zero-order chi connectivity index (χ0) is 18.1. The lowest BCUT2D eigenvalue weighted by Gasteiger charge is -2.30. The number of nitrogens with one attached hydrogen (secondary N) is 1. The number of carbonyl (C=O) groups excluding carboxylic acids is 1. The molecule has 6 nitrogen and oxygen atoms in total. The van der Waals surface area contributed by atoms with E-state index in [2.05, 4.69) is 6.07 Å². The van der Waals surface area contributed by atoms with Crippen LogP contribution in [0, 0.1) is 17.2 Å². The summed E-state index contributed by atoms with van der Waals surface area (Å²) in [7, 11) is 0. The third-order valence-corrected chi connectivity index (χ3v) is 4.41. The number of benzene rings is 1. The van der Waals surface area contributed by atoms with Crippen molar-refractivity contribution in [2.75, 3.05) is 32.8 Å². The third kappa shape index (κ3) is 6.37. The third-order valence-electron chi connectivity index (χ3n) is 4.41. The summed E-state index contributed by atoms with van der Waals surface area (Å²) >= 11 is 0. The summed E-state index contributed by atoms with van der Waals surface area (Å²) in [5, 5.41) is 18.9. The van der Waals surface area contributed by atoms with E-state index in [9.17, 15) is 9.90 Å². The van der Waals surface area contributed by atoms with E-state index in [1.165, 1.54) is 4.90 Å². The number of carbonyl (C=O) groups is 1. The summed E-state index contributed by atoms with van der Waals surface area (Å²) in [6, 6.07) is 9.42. The lowest BCUT2D eigenvalue weighted by atomic mass is 9.98. The summed E-state index contributed by atoms with van der Waals surface area (Å²) < 4.78 is 10.7. The SMILES string of the molecule is CCOC(=O)[C@H]1CCC[NH+](C[C@H](O)COc2ccc(CC#N)cc2)C1. The molecule has 0 saturated carbocycles. The van der Waals surface area contributed by atoms with Crippen LogP contribution in [-0.2, 0) is 16.0 Å². The van der Waals surface area contributed by atoms with Crippen molar-refractivity contribution >= 4 is 5.97 Å². The number of nitriles is 1. The number of aliphatic hydroxyl groups excluding tert-OH is 1. The van der Waals surface area contributed by atoms with Crippen molar-refractivity contribution in [1.82, 2.24) is 0 Å². The van der Waals surface area contributed by atoms with Gasteiger partial charge in [0.15, 0.2) is 0 Å². The fraction of sp³-hybridized carbons (Fsp3) is 0.579. The molecule has 1 saturated heterocycles. The molecule has 1 fully saturated rings. The Morgan fingerprint density at radius 1 is 1.44 bits per heavy atom. The molecule has 0 aliphatic carbocycles. The van der Waals surface area contributed by atoms with Crippen molar-refractivity contribution in [1.29, 1.82) is 5.26 Å². The van der Waals surface area contributed by atoms with Gasteiger partial charge >= 0.3 is 5.97 Å². The van der Waals surface area contributed by atoms with Gasteiger partial charge in [-0.25, -0.2) is 0 Å². The molecule has 2 rings (SSSR count). The zero-order valence-electron chi connectivity index (χ0n) is 14.7. The van der Waals surface area contributed by atoms with Gasteiger partial charge in [0, 0.05) is 0 Å². The Bertz CT molecular complexity index is 582. The number of aliphatic hydroxyl groups is 1. The van der Waals surface area contributed by atoms with Crippen molar-refractivity contribution < 1.29 is 24.3 Å². The van der Waals surface area contributed by atoms with Crippen LogP contribution in [0.15, 0.2) is 24.3 Å². The number of hydrogen-bond donors (Lipinski definition) is 2. The standard InChI is InChI=1S/C19H26N2O4/c1-2-24-19(23)16-4-3-11-21(12-16)13-17(22)14-25-18-7-5-15(6-8-18)9-10-20/h5-8,16-17,22H,2-4,9,11-14H2,1H3/p+1/t16-,17-/m0/s1. The molecular formula is C19H27N2O4+. The lowest BCUT2D eigenvalue weighted by Crippen LogP contribution is -3.15. The molecule has 6 heteroatoms. The molecule has 0 spiro atoms. The van der Waals surface area contributed by atoms with Crippen molar-refractivity contribution in [2.45, 2.75) is 32.3 Å². The monoisotopic (exact) mass is 347 g/mol. The molecule has 1 aliphatic rings. The second-order valence-corrected chi connectivity index (χ2v) is 6.44. The van der Waals surface area contributed by atoms with Crippen LogP contribution in [0.1, 0.15) is 25.3 Å². The minimum absolute atomic E-state index is 0.0653. The Labute approximate surface area is 149 Å². The van der Waals surface area contributed by atoms with E-state index < -0.39 is 6.10 Å². The first-order valence-corrected chi connectivity index (χ1v) is 8.89. The zero-order valence-corrected chi connectivity index (χ0v) is 14.7. The number of hydrogen-bond acceptors (Lipinski definition) is 5. The van der Waals surface area contributed by atoms with Crippen LogP contribution in [0.3, 0.4) is 0 Å². The first-order valence-electron chi connectivity index (χ1n) is 8.89. The quantitative estimate of drug-likeness (QED) is 0.663. The molecule has 25 heavy (non-hydrogen) atoms. The van der Waals surface area contributed by atoms with Crippen LogP contribution < -0.4 is 9.64 Å². The van der Waals surface area contributed by atoms with Crippen LogP contribution >= 0.6 is 0 Å². The second-order valence-electron chi connectivity index (χ2n) is 6.44. The molecule has 0 aromatic heterocycles. The highest BCUT2D eigenvalue weighted by molar-refractivity contribution is 5.72. The number of nitrogens with zero attached hydrogens (tertiary/aromatic N) is 1. The molecule has 2 N–H and O–H groups in total. The van der Waals surface area contributed by atoms with Gasteiger partial charge in [-0.15, -0.1) is 0 Å². The van der Waals surface area contributed by atoms with Crippen LogP contribution in [0.5, 0.6) is 5.75 Å². The van der Waals surface area contributed by atoms with Crippen LogP contribution in [-0.4, -0.2) is 50.0 Å². The maximum Gasteiger partial charge on any atom is 0.314 e. The Morgan fingerprint density at radius 2 is 2.20 bits per heavy atom. The molecular weight excluding hydrogens is 320 g/mol. The van der Waals surface area contributed by atoms with E-state index in [1.807, 2.05) is 31.2 Å². The first kappa shape index (κ1) is 19.2. The smallest absolute Gasteiger partial charge is 0.314 e. The van der Waals surface area contributed by atoms with Crippen LogP contribution in [0.4, 0.5) is 0 Å². The normalized spacial score (nSPS) is 21.2. The average Bonchev–Trinajstić information content (AvgIpc) is 2.62. The van der Waals surface area contributed by atoms with E-state index in [1.54, 1.807) is 0 Å². The summed E-state index contributed by atoms with van der Waals surface area (Å²) in [4.78, 5) is 13.1. The van der Waals surface area contributed by atoms with Gasteiger partial charge < -0.3 is 19.5 Å². The maximum absolute atomic E-state index is 11.9. The highest BCUT2D eigenvalue weighted by Gasteiger charge is 2.30. The van der Waals surface area contributed by atoms with Gasteiger partial charge in [-0.3, -0.25) is 4.79 Å². The van der Waals surface area contributed by atoms with E-state index in [0.29, 0.717) is 31.9 Å². The first-order chi connectivity index (χ1) is 12.1. The molecule has 1 unspecified atom stereocenters. The number of rotatable bonds is 8. The van der Waals surface area contributed by atoms with Crippen LogP contribution in [0.25, 0.3) is 0 Å². The molecule has 1 aromatic rings. The highest BCUT2D eigenvalue weighted by atomic mass is 16.5. The van der Waals surface area contributed by atoms with Gasteiger partial charge in [-0.05, 0) is 37.5 Å². The number of piperidine rings is 1. The minimum atomic E-state index is -0.588. The summed E-state index contributed by atoms with van der Waals surface area (Å²) in [5.74, 6) is 0.492. The minimum Gasteiger partial charge on any atom is -0.491 e. The molecule has 0 bridgehead atoms. The fourth-order valence-corrected chi connectivity index (χ4v) is 3.18. The molecule has 3 atom stereocenters. The topological polar surface area (TPSA) is 84.0 Å². The fourth-order valence-electron chi connectivity index (χ4n) is 3.18. The van der Waals surface area contributed by atoms with Gasteiger partial charge in [0.1, 0.15) is 30.9 Å². The van der Waals surface area contributed by atoms with Gasteiger partial charge in [-0.2, -0.15) is 5.26 Å². The number of likely N-dealkylation sites (tertiary alicyclic amines) is 1. The van der Waals surface area contributed by atoms with Crippen molar-refractivity contribution in [3.63, 3.8) is 0 Å². The summed E-state index contributed by atoms with van der Waals surface area (Å²) in [5.41, 5.74) is 0.943. The van der Waals surface area contributed by atoms with Crippen LogP contribution in [0.2, 0.25) is 0 Å². The number of esters is 1. The van der Waals surface area contributed by atoms with E-state index in [4.69, 9.17) is 14.7 Å². The Hall–Kier alpha value is -2.10. The average molecular weight is 347 g/mol. The number of quaternary nitrogens is 1. The van der Waals surface area contributed by atoms with E-state index in [-0.39, 0.29) is 18.5 Å². The summed E-state index contributed by atoms with van der Waals surface area (Å²) in [6.45, 7) is 4.66. The molecule has 1 aliphatic heterocycles. The predicted molar refractivity (Wildman–Crippen MR) is 92.2 cm³/mol. The number of ether oxygens (including phenoxy) is 2. The Balaban J connectivity index is 1.74. The molecule has 1 heterocycles. The van der Waals surface area contributed by atoms with E-state index in [0.717, 1.165) is 24.9 Å². The van der Waals surface area contributed by atoms with Gasteiger partial charge in [0.2, 0.25) is 0 Å². The molecule has 136 valence electrons. The molecule has 1 aromatic carbocycles. The van der Waals surface area contributed by atoms with Crippen molar-refractivity contribution in [3.05, 3.63) is 29.8 Å². The Kier molecular flexibility index (Phi) is 7.71.